The van der Waals surface area contributed by atoms with Crippen LogP contribution in [0.1, 0.15) is 24.5 Å². The molecular weight excluding hydrogens is 479 g/mol. The fourth-order valence-corrected chi connectivity index (χ4v) is 5.49. The molecule has 0 bridgehead atoms. The number of nitrogens with zero attached hydrogens (tertiary/aromatic N) is 2. The molecule has 1 unspecified atom stereocenters. The van der Waals surface area contributed by atoms with E-state index in [2.05, 4.69) is 10.3 Å². The van der Waals surface area contributed by atoms with Crippen LogP contribution in [0.5, 0.6) is 5.75 Å². The highest BCUT2D eigenvalue weighted by Gasteiger charge is 2.30. The monoisotopic (exact) mass is 497 g/mol. The van der Waals surface area contributed by atoms with Crippen molar-refractivity contribution >= 4 is 32.4 Å². The van der Waals surface area contributed by atoms with Crippen LogP contribution < -0.4 is 10.1 Å². The summed E-state index contributed by atoms with van der Waals surface area (Å²) in [6, 6.07) is 8.09. The number of ether oxygens (including phenoxy) is 1. The zero-order chi connectivity index (χ0) is 23.6. The van der Waals surface area contributed by atoms with E-state index in [4.69, 9.17) is 4.74 Å². The van der Waals surface area contributed by atoms with Crippen molar-refractivity contribution < 1.29 is 31.1 Å². The van der Waals surface area contributed by atoms with Crippen molar-refractivity contribution in [3.63, 3.8) is 0 Å². The lowest BCUT2D eigenvalue weighted by molar-refractivity contribution is -0.123. The summed E-state index contributed by atoms with van der Waals surface area (Å²) in [4.78, 5) is 16.6. The molecule has 2 aromatic carbocycles. The molecule has 4 rings (SSSR count). The zero-order valence-corrected chi connectivity index (χ0v) is 18.6. The molecule has 1 aromatic heterocycles. The number of benzene rings is 2. The molecule has 1 aliphatic rings. The predicted molar refractivity (Wildman–Crippen MR) is 115 cm³/mol. The third kappa shape index (κ3) is 5.18. The standard InChI is InChI=1S/C21H18F3N3O4S2/c22-14-6-7-17(16(23)11-14)31-19(20(28)26-21-25-12-18(24)32-21)13-4-3-5-15(10-13)33(29,30)27-8-1-2-9-27/h3-7,10-12,19H,1-2,8-9H2,(H,25,26,28). The molecule has 1 N–H and O–H groups in total. The van der Waals surface area contributed by atoms with Crippen molar-refractivity contribution in [1.29, 1.82) is 0 Å². The molecule has 0 radical (unpaired) electrons. The van der Waals surface area contributed by atoms with Crippen LogP contribution in [0.2, 0.25) is 0 Å². The Morgan fingerprint density at radius 2 is 1.88 bits per heavy atom. The molecule has 1 saturated heterocycles. The highest BCUT2D eigenvalue weighted by Crippen LogP contribution is 2.30. The number of hydrogen-bond donors (Lipinski definition) is 1. The second-order valence-electron chi connectivity index (χ2n) is 7.22. The predicted octanol–water partition coefficient (Wildman–Crippen LogP) is 4.10. The molecule has 0 spiro atoms. The normalized spacial score (nSPS) is 15.4. The van der Waals surface area contributed by atoms with Gasteiger partial charge in [-0.3, -0.25) is 10.1 Å². The maximum atomic E-state index is 14.2. The van der Waals surface area contributed by atoms with Crippen LogP contribution in [-0.4, -0.2) is 36.7 Å². The number of carbonyl (C=O) groups is 1. The lowest BCUT2D eigenvalue weighted by Gasteiger charge is -2.21. The maximum absolute atomic E-state index is 14.2. The molecule has 0 saturated carbocycles. The summed E-state index contributed by atoms with van der Waals surface area (Å²) in [5, 5.41) is 1.68. The maximum Gasteiger partial charge on any atom is 0.271 e. The van der Waals surface area contributed by atoms with E-state index in [1.807, 2.05) is 0 Å². The van der Waals surface area contributed by atoms with E-state index in [-0.39, 0.29) is 15.6 Å². The Morgan fingerprint density at radius 1 is 1.12 bits per heavy atom. The van der Waals surface area contributed by atoms with Crippen molar-refractivity contribution in [2.75, 3.05) is 18.4 Å². The Morgan fingerprint density at radius 3 is 2.55 bits per heavy atom. The van der Waals surface area contributed by atoms with Crippen LogP contribution in [-0.2, 0) is 14.8 Å². The summed E-state index contributed by atoms with van der Waals surface area (Å²) in [5.74, 6) is -3.15. The van der Waals surface area contributed by atoms with Crippen molar-refractivity contribution in [3.05, 3.63) is 71.0 Å². The first-order valence-electron chi connectivity index (χ1n) is 9.88. The molecule has 174 valence electrons. The number of nitrogens with one attached hydrogen (secondary N) is 1. The second kappa shape index (κ2) is 9.49. The van der Waals surface area contributed by atoms with Gasteiger partial charge in [0.25, 0.3) is 5.91 Å². The number of thiazole rings is 1. The minimum atomic E-state index is -3.80. The van der Waals surface area contributed by atoms with Gasteiger partial charge in [0.1, 0.15) is 5.82 Å². The lowest BCUT2D eigenvalue weighted by Crippen LogP contribution is -2.29. The SMILES string of the molecule is O=C(Nc1ncc(F)s1)C(Oc1ccc(F)cc1F)c1cccc(S(=O)(=O)N2CCCC2)c1. The van der Waals surface area contributed by atoms with Crippen molar-refractivity contribution in [2.24, 2.45) is 0 Å². The Labute approximate surface area is 191 Å². The van der Waals surface area contributed by atoms with Gasteiger partial charge in [0.05, 0.1) is 11.1 Å². The summed E-state index contributed by atoms with van der Waals surface area (Å²) in [7, 11) is -3.80. The van der Waals surface area contributed by atoms with Gasteiger partial charge in [-0.2, -0.15) is 8.70 Å². The Balaban J connectivity index is 1.69. The van der Waals surface area contributed by atoms with Gasteiger partial charge in [-0.1, -0.05) is 23.5 Å². The summed E-state index contributed by atoms with van der Waals surface area (Å²) in [6.45, 7) is 0.784. The number of hydrogen-bond acceptors (Lipinski definition) is 6. The summed E-state index contributed by atoms with van der Waals surface area (Å²) < 4.78 is 73.6. The molecular formula is C21H18F3N3O4S2. The van der Waals surface area contributed by atoms with Crippen molar-refractivity contribution in [1.82, 2.24) is 9.29 Å². The number of halogens is 3. The van der Waals surface area contributed by atoms with Gasteiger partial charge >= 0.3 is 0 Å². The lowest BCUT2D eigenvalue weighted by atomic mass is 10.1. The molecule has 2 heterocycles. The molecule has 3 aromatic rings. The number of aromatic nitrogens is 1. The minimum Gasteiger partial charge on any atom is -0.473 e. The van der Waals surface area contributed by atoms with Gasteiger partial charge in [-0.25, -0.2) is 22.2 Å². The Hall–Kier alpha value is -2.96. The van der Waals surface area contributed by atoms with Crippen molar-refractivity contribution in [2.45, 2.75) is 23.8 Å². The Kier molecular flexibility index (Phi) is 6.68. The highest BCUT2D eigenvalue weighted by atomic mass is 32.2. The van der Waals surface area contributed by atoms with E-state index >= 15 is 0 Å². The average Bonchev–Trinajstić information content (AvgIpc) is 3.46. The van der Waals surface area contributed by atoms with Crippen molar-refractivity contribution in [3.8, 4) is 5.75 Å². The molecule has 0 aliphatic carbocycles. The van der Waals surface area contributed by atoms with Gasteiger partial charge in [0.2, 0.25) is 16.1 Å². The van der Waals surface area contributed by atoms with E-state index in [1.165, 1.54) is 28.6 Å². The number of amides is 1. The van der Waals surface area contributed by atoms with Crippen LogP contribution in [0.3, 0.4) is 0 Å². The number of anilines is 1. The van der Waals surface area contributed by atoms with E-state index in [9.17, 15) is 26.4 Å². The number of sulfonamides is 1. The highest BCUT2D eigenvalue weighted by molar-refractivity contribution is 7.89. The summed E-state index contributed by atoms with van der Waals surface area (Å²) in [6.07, 6.45) is 0.882. The Bertz CT molecular complexity index is 1280. The van der Waals surface area contributed by atoms with Gasteiger partial charge in [0, 0.05) is 24.7 Å². The molecule has 12 heteroatoms. The first-order valence-corrected chi connectivity index (χ1v) is 12.1. The van der Waals surface area contributed by atoms with Crippen LogP contribution >= 0.6 is 11.3 Å². The summed E-state index contributed by atoms with van der Waals surface area (Å²) >= 11 is 0.573. The molecule has 1 amide bonds. The zero-order valence-electron chi connectivity index (χ0n) is 17.0. The molecule has 1 atom stereocenters. The largest absolute Gasteiger partial charge is 0.473 e. The second-order valence-corrected chi connectivity index (χ2v) is 10.1. The molecule has 1 fully saturated rings. The van der Waals surface area contributed by atoms with Gasteiger partial charge in [-0.15, -0.1) is 0 Å². The number of carbonyl (C=O) groups excluding carboxylic acids is 1. The number of rotatable bonds is 7. The molecule has 7 nitrogen and oxygen atoms in total. The van der Waals surface area contributed by atoms with E-state index in [1.54, 1.807) is 0 Å². The smallest absolute Gasteiger partial charge is 0.271 e. The van der Waals surface area contributed by atoms with Crippen LogP contribution in [0, 0.1) is 16.8 Å². The topological polar surface area (TPSA) is 88.6 Å². The molecule has 1 aliphatic heterocycles. The fraction of sp³-hybridized carbons (Fsp3) is 0.238. The van der Waals surface area contributed by atoms with Crippen LogP contribution in [0.15, 0.2) is 53.6 Å². The van der Waals surface area contributed by atoms with E-state index in [0.29, 0.717) is 30.5 Å². The molecule has 33 heavy (non-hydrogen) atoms. The summed E-state index contributed by atoms with van der Waals surface area (Å²) in [5.41, 5.74) is 0.105. The third-order valence-electron chi connectivity index (χ3n) is 4.95. The first kappa shape index (κ1) is 23.2. The first-order chi connectivity index (χ1) is 15.7. The van der Waals surface area contributed by atoms with E-state index < -0.39 is 44.5 Å². The quantitative estimate of drug-likeness (QED) is 0.531. The van der Waals surface area contributed by atoms with Gasteiger partial charge in [-0.05, 0) is 37.1 Å². The average molecular weight is 498 g/mol. The van der Waals surface area contributed by atoms with Gasteiger partial charge in [0.15, 0.2) is 21.8 Å². The van der Waals surface area contributed by atoms with E-state index in [0.717, 1.165) is 31.2 Å². The van der Waals surface area contributed by atoms with Crippen LogP contribution in [0.25, 0.3) is 0 Å². The minimum absolute atomic E-state index is 0.0526. The third-order valence-corrected chi connectivity index (χ3v) is 7.54. The van der Waals surface area contributed by atoms with Crippen LogP contribution in [0.4, 0.5) is 18.3 Å². The fourth-order valence-electron chi connectivity index (χ4n) is 3.37. The van der Waals surface area contributed by atoms with Gasteiger partial charge < -0.3 is 4.74 Å².